The summed E-state index contributed by atoms with van der Waals surface area (Å²) in [4.78, 5) is 35.6. The molecule has 1 saturated carbocycles. The second-order valence-electron chi connectivity index (χ2n) is 8.54. The van der Waals surface area contributed by atoms with Crippen molar-refractivity contribution in [2.45, 2.75) is 76.7 Å². The van der Waals surface area contributed by atoms with Crippen molar-refractivity contribution in [1.82, 2.24) is 25.3 Å². The number of hydrogen-bond donors (Lipinski definition) is 1. The van der Waals surface area contributed by atoms with Crippen LogP contribution in [0.25, 0.3) is 0 Å². The smallest absolute Gasteiger partial charge is 0.253 e. The number of likely N-dealkylation sites (tertiary alicyclic amines) is 1. The fraction of sp³-hybridized carbons (Fsp3) is 0.609. The summed E-state index contributed by atoms with van der Waals surface area (Å²) in [5.41, 5.74) is 1.62. The minimum Gasteiger partial charge on any atom is -0.349 e. The molecule has 3 heterocycles. The van der Waals surface area contributed by atoms with Crippen molar-refractivity contribution >= 4 is 11.8 Å². The van der Waals surface area contributed by atoms with Crippen LogP contribution in [0.3, 0.4) is 0 Å². The van der Waals surface area contributed by atoms with Gasteiger partial charge < -0.3 is 14.7 Å². The molecule has 2 aromatic heterocycles. The lowest BCUT2D eigenvalue weighted by atomic mass is 9.92. The Balaban J connectivity index is 1.23. The van der Waals surface area contributed by atoms with E-state index in [1.807, 2.05) is 24.0 Å². The van der Waals surface area contributed by atoms with Gasteiger partial charge in [-0.3, -0.25) is 14.6 Å². The van der Waals surface area contributed by atoms with Gasteiger partial charge in [0.25, 0.3) is 5.91 Å². The zero-order chi connectivity index (χ0) is 21.6. The first-order valence-corrected chi connectivity index (χ1v) is 11.5. The highest BCUT2D eigenvalue weighted by Crippen LogP contribution is 2.27. The minimum atomic E-state index is -0.0290. The third-order valence-electron chi connectivity index (χ3n) is 6.38. The van der Waals surface area contributed by atoms with E-state index in [9.17, 15) is 9.59 Å². The first kappa shape index (κ1) is 21.5. The quantitative estimate of drug-likeness (QED) is 0.732. The lowest BCUT2D eigenvalue weighted by molar-refractivity contribution is -0.132. The van der Waals surface area contributed by atoms with Crippen LogP contribution in [-0.2, 0) is 17.6 Å². The summed E-state index contributed by atoms with van der Waals surface area (Å²) < 4.78 is 5.16. The van der Waals surface area contributed by atoms with Crippen LogP contribution in [0, 0.1) is 0 Å². The molecule has 8 heteroatoms. The van der Waals surface area contributed by atoms with E-state index >= 15 is 0 Å². The number of nitrogens with one attached hydrogen (secondary N) is 1. The Morgan fingerprint density at radius 2 is 1.94 bits per heavy atom. The predicted octanol–water partition coefficient (Wildman–Crippen LogP) is 3.04. The Bertz CT molecular complexity index is 881. The molecule has 1 aliphatic heterocycles. The van der Waals surface area contributed by atoms with E-state index in [0.29, 0.717) is 42.1 Å². The molecule has 8 nitrogen and oxygen atoms in total. The largest absolute Gasteiger partial charge is 0.349 e. The van der Waals surface area contributed by atoms with Gasteiger partial charge in [-0.05, 0) is 37.8 Å². The van der Waals surface area contributed by atoms with E-state index in [-0.39, 0.29) is 11.8 Å². The Morgan fingerprint density at radius 3 is 2.58 bits per heavy atom. The zero-order valence-electron chi connectivity index (χ0n) is 18.2. The molecular formula is C23H31N5O3. The molecule has 0 bridgehead atoms. The number of pyridine rings is 1. The summed E-state index contributed by atoms with van der Waals surface area (Å²) in [7, 11) is 0. The number of amides is 2. The Kier molecular flexibility index (Phi) is 6.94. The second kappa shape index (κ2) is 10.0. The number of rotatable bonds is 7. The zero-order valence-corrected chi connectivity index (χ0v) is 18.2. The fourth-order valence-corrected chi connectivity index (χ4v) is 4.45. The van der Waals surface area contributed by atoms with Crippen LogP contribution in [0.2, 0.25) is 0 Å². The maximum Gasteiger partial charge on any atom is 0.253 e. The molecule has 0 unspecified atom stereocenters. The third kappa shape index (κ3) is 5.48. The van der Waals surface area contributed by atoms with Gasteiger partial charge in [0.15, 0.2) is 5.82 Å². The van der Waals surface area contributed by atoms with E-state index in [2.05, 4.69) is 20.4 Å². The standard InChI is InChI=1S/C23H31N5O3/c1-2-20-26-21(31-27-20)9-10-22(29)28-13-11-16(12-14-28)19-8-7-17(15-24-19)23(30)25-18-5-3-4-6-18/h7-8,15-16,18H,2-6,9-14H2,1H3,(H,25,30). The van der Waals surface area contributed by atoms with Gasteiger partial charge in [-0.2, -0.15) is 4.98 Å². The predicted molar refractivity (Wildman–Crippen MR) is 115 cm³/mol. The molecule has 31 heavy (non-hydrogen) atoms. The highest BCUT2D eigenvalue weighted by Gasteiger charge is 2.25. The van der Waals surface area contributed by atoms with Crippen LogP contribution in [-0.4, -0.2) is 51.0 Å². The average Bonchev–Trinajstić information content (AvgIpc) is 3.49. The van der Waals surface area contributed by atoms with Crippen molar-refractivity contribution in [2.24, 2.45) is 0 Å². The van der Waals surface area contributed by atoms with Gasteiger partial charge >= 0.3 is 0 Å². The first-order chi connectivity index (χ1) is 15.1. The Labute approximate surface area is 182 Å². The number of aromatic nitrogens is 3. The molecule has 4 rings (SSSR count). The van der Waals surface area contributed by atoms with Crippen molar-refractivity contribution in [3.8, 4) is 0 Å². The summed E-state index contributed by atoms with van der Waals surface area (Å²) in [5, 5.41) is 6.97. The molecule has 0 radical (unpaired) electrons. The highest BCUT2D eigenvalue weighted by molar-refractivity contribution is 5.94. The van der Waals surface area contributed by atoms with Gasteiger partial charge in [-0.1, -0.05) is 24.9 Å². The Hall–Kier alpha value is -2.77. The molecule has 0 aromatic carbocycles. The number of hydrogen-bond acceptors (Lipinski definition) is 6. The number of carbonyl (C=O) groups is 2. The summed E-state index contributed by atoms with van der Waals surface area (Å²) in [6.07, 6.45) is 9.58. The average molecular weight is 426 g/mol. The van der Waals surface area contributed by atoms with Gasteiger partial charge in [0.1, 0.15) is 0 Å². The summed E-state index contributed by atoms with van der Waals surface area (Å²) in [6, 6.07) is 4.15. The lowest BCUT2D eigenvalue weighted by Crippen LogP contribution is -2.38. The molecular weight excluding hydrogens is 394 g/mol. The van der Waals surface area contributed by atoms with Crippen molar-refractivity contribution in [1.29, 1.82) is 0 Å². The Morgan fingerprint density at radius 1 is 1.16 bits per heavy atom. The molecule has 2 aromatic rings. The number of aryl methyl sites for hydroxylation is 2. The maximum atomic E-state index is 12.5. The van der Waals surface area contributed by atoms with Gasteiger partial charge in [-0.25, -0.2) is 0 Å². The van der Waals surface area contributed by atoms with Crippen molar-refractivity contribution in [3.63, 3.8) is 0 Å². The van der Waals surface area contributed by atoms with E-state index < -0.39 is 0 Å². The van der Waals surface area contributed by atoms with Crippen LogP contribution in [0.4, 0.5) is 0 Å². The van der Waals surface area contributed by atoms with E-state index in [0.717, 1.165) is 50.9 Å². The van der Waals surface area contributed by atoms with Gasteiger partial charge in [0.2, 0.25) is 11.8 Å². The molecule has 0 atom stereocenters. The fourth-order valence-electron chi connectivity index (χ4n) is 4.45. The molecule has 0 spiro atoms. The van der Waals surface area contributed by atoms with Crippen LogP contribution in [0.15, 0.2) is 22.9 Å². The molecule has 2 amide bonds. The third-order valence-corrected chi connectivity index (χ3v) is 6.38. The van der Waals surface area contributed by atoms with Crippen molar-refractivity contribution < 1.29 is 14.1 Å². The molecule has 2 fully saturated rings. The lowest BCUT2D eigenvalue weighted by Gasteiger charge is -2.31. The van der Waals surface area contributed by atoms with E-state index in [4.69, 9.17) is 4.52 Å². The highest BCUT2D eigenvalue weighted by atomic mass is 16.5. The number of carbonyl (C=O) groups excluding carboxylic acids is 2. The summed E-state index contributed by atoms with van der Waals surface area (Å²) >= 11 is 0. The normalized spacial score (nSPS) is 17.8. The first-order valence-electron chi connectivity index (χ1n) is 11.5. The SMILES string of the molecule is CCc1noc(CCC(=O)N2CCC(c3ccc(C(=O)NC4CCCC4)cn3)CC2)n1. The van der Waals surface area contributed by atoms with E-state index in [1.165, 1.54) is 12.8 Å². The molecule has 166 valence electrons. The van der Waals surface area contributed by atoms with Crippen molar-refractivity contribution in [2.75, 3.05) is 13.1 Å². The molecule has 1 aliphatic carbocycles. The molecule has 1 saturated heterocycles. The van der Waals surface area contributed by atoms with Crippen LogP contribution >= 0.6 is 0 Å². The summed E-state index contributed by atoms with van der Waals surface area (Å²) in [6.45, 7) is 3.41. The van der Waals surface area contributed by atoms with Crippen LogP contribution < -0.4 is 5.32 Å². The number of nitrogens with zero attached hydrogens (tertiary/aromatic N) is 4. The molecule has 2 aliphatic rings. The van der Waals surface area contributed by atoms with E-state index in [1.54, 1.807) is 6.20 Å². The minimum absolute atomic E-state index is 0.0290. The van der Waals surface area contributed by atoms with Crippen LogP contribution in [0.5, 0.6) is 0 Å². The summed E-state index contributed by atoms with van der Waals surface area (Å²) in [5.74, 6) is 1.62. The van der Waals surface area contributed by atoms with Gasteiger partial charge in [0.05, 0.1) is 5.56 Å². The van der Waals surface area contributed by atoms with Crippen molar-refractivity contribution in [3.05, 3.63) is 41.3 Å². The monoisotopic (exact) mass is 425 g/mol. The maximum absolute atomic E-state index is 12.5. The number of piperidine rings is 1. The van der Waals surface area contributed by atoms with Gasteiger partial charge in [0, 0.05) is 56.2 Å². The van der Waals surface area contributed by atoms with Gasteiger partial charge in [-0.15, -0.1) is 0 Å². The topological polar surface area (TPSA) is 101 Å². The second-order valence-corrected chi connectivity index (χ2v) is 8.54. The molecule has 1 N–H and O–H groups in total. The van der Waals surface area contributed by atoms with Crippen LogP contribution in [0.1, 0.15) is 85.6 Å².